The molecule has 0 bridgehead atoms. The maximum absolute atomic E-state index is 5.71. The average Bonchev–Trinajstić information content (AvgIpc) is 2.49. The number of ether oxygens (including phenoxy) is 1. The highest BCUT2D eigenvalue weighted by atomic mass is 16.5. The molecule has 0 fully saturated rings. The second kappa shape index (κ2) is 7.64. The average molecular weight is 285 g/mol. The van der Waals surface area contributed by atoms with Crippen molar-refractivity contribution in [2.45, 2.75) is 20.3 Å². The van der Waals surface area contributed by atoms with Crippen LogP contribution in [0.25, 0.3) is 0 Å². The van der Waals surface area contributed by atoms with Crippen molar-refractivity contribution in [3.8, 4) is 5.75 Å². The van der Waals surface area contributed by atoms with Crippen LogP contribution in [0.1, 0.15) is 18.9 Å². The van der Waals surface area contributed by atoms with Crippen LogP contribution in [-0.4, -0.2) is 24.7 Å². The van der Waals surface area contributed by atoms with Crippen molar-refractivity contribution in [3.63, 3.8) is 0 Å². The second-order valence-electron chi connectivity index (χ2n) is 4.89. The molecule has 1 heterocycles. The van der Waals surface area contributed by atoms with Crippen LogP contribution in [0.2, 0.25) is 0 Å². The Labute approximate surface area is 126 Å². The maximum atomic E-state index is 5.71. The predicted octanol–water partition coefficient (Wildman–Crippen LogP) is 3.28. The van der Waals surface area contributed by atoms with Crippen LogP contribution >= 0.6 is 0 Å². The molecule has 2 rings (SSSR count). The minimum Gasteiger partial charge on any atom is -0.490 e. The van der Waals surface area contributed by atoms with Crippen molar-refractivity contribution in [1.82, 2.24) is 4.98 Å². The number of benzene rings is 1. The first kappa shape index (κ1) is 15.3. The molecule has 0 aliphatic rings. The summed E-state index contributed by atoms with van der Waals surface area (Å²) in [5.41, 5.74) is 8.02. The van der Waals surface area contributed by atoms with Crippen molar-refractivity contribution >= 4 is 11.5 Å². The summed E-state index contributed by atoms with van der Waals surface area (Å²) in [6, 6.07) is 12.2. The van der Waals surface area contributed by atoms with E-state index in [1.54, 1.807) is 6.20 Å². The van der Waals surface area contributed by atoms with Crippen LogP contribution in [-0.2, 0) is 0 Å². The number of aromatic nitrogens is 1. The summed E-state index contributed by atoms with van der Waals surface area (Å²) in [7, 11) is 0. The van der Waals surface area contributed by atoms with E-state index in [0.717, 1.165) is 30.2 Å². The largest absolute Gasteiger partial charge is 0.490 e. The van der Waals surface area contributed by atoms with E-state index in [9.17, 15) is 0 Å². The Morgan fingerprint density at radius 1 is 1.24 bits per heavy atom. The molecule has 112 valence electrons. The zero-order valence-corrected chi connectivity index (χ0v) is 12.7. The Kier molecular flexibility index (Phi) is 5.58. The van der Waals surface area contributed by atoms with Gasteiger partial charge in [-0.3, -0.25) is 0 Å². The van der Waals surface area contributed by atoms with Crippen LogP contribution < -0.4 is 15.4 Å². The van der Waals surface area contributed by atoms with E-state index >= 15 is 0 Å². The standard InChI is InChI=1S/C17H23N3O/c1-3-21-16-9-5-11-19-17(16)20(12-6-10-18)15-8-4-7-14(2)13-15/h4-5,7-9,11,13H,3,6,10,12,18H2,1-2H3. The highest BCUT2D eigenvalue weighted by Gasteiger charge is 2.15. The Hall–Kier alpha value is -2.07. The van der Waals surface area contributed by atoms with Crippen LogP contribution in [0, 0.1) is 6.92 Å². The molecule has 0 aliphatic heterocycles. The first-order valence-electron chi connectivity index (χ1n) is 7.38. The third-order valence-electron chi connectivity index (χ3n) is 3.21. The lowest BCUT2D eigenvalue weighted by Gasteiger charge is -2.25. The molecule has 0 spiro atoms. The molecular weight excluding hydrogens is 262 g/mol. The molecule has 0 unspecified atom stereocenters. The molecule has 0 amide bonds. The third-order valence-corrected chi connectivity index (χ3v) is 3.21. The van der Waals surface area contributed by atoms with Crippen LogP contribution in [0.15, 0.2) is 42.6 Å². The van der Waals surface area contributed by atoms with Gasteiger partial charge in [-0.05, 0) is 56.6 Å². The van der Waals surface area contributed by atoms with E-state index in [-0.39, 0.29) is 0 Å². The van der Waals surface area contributed by atoms with Gasteiger partial charge in [0.15, 0.2) is 11.6 Å². The lowest BCUT2D eigenvalue weighted by atomic mass is 10.2. The Morgan fingerprint density at radius 2 is 2.10 bits per heavy atom. The van der Waals surface area contributed by atoms with E-state index in [0.29, 0.717) is 13.2 Å². The normalized spacial score (nSPS) is 10.4. The van der Waals surface area contributed by atoms with Crippen LogP contribution in [0.5, 0.6) is 5.75 Å². The van der Waals surface area contributed by atoms with Crippen molar-refractivity contribution < 1.29 is 4.74 Å². The van der Waals surface area contributed by atoms with Crippen molar-refractivity contribution in [2.75, 3.05) is 24.6 Å². The van der Waals surface area contributed by atoms with Crippen molar-refractivity contribution in [1.29, 1.82) is 0 Å². The highest BCUT2D eigenvalue weighted by Crippen LogP contribution is 2.32. The molecule has 2 aromatic rings. The minimum absolute atomic E-state index is 0.622. The number of nitrogens with zero attached hydrogens (tertiary/aromatic N) is 2. The SMILES string of the molecule is CCOc1cccnc1N(CCCN)c1cccc(C)c1. The highest BCUT2D eigenvalue weighted by molar-refractivity contribution is 5.65. The molecule has 0 saturated carbocycles. The van der Waals surface area contributed by atoms with Gasteiger partial charge < -0.3 is 15.4 Å². The monoisotopic (exact) mass is 285 g/mol. The summed E-state index contributed by atoms with van der Waals surface area (Å²) < 4.78 is 5.71. The van der Waals surface area contributed by atoms with E-state index in [4.69, 9.17) is 10.5 Å². The van der Waals surface area contributed by atoms with Crippen molar-refractivity contribution in [3.05, 3.63) is 48.2 Å². The number of hydrogen-bond acceptors (Lipinski definition) is 4. The number of rotatable bonds is 7. The van der Waals surface area contributed by atoms with Gasteiger partial charge in [-0.25, -0.2) is 4.98 Å². The van der Waals surface area contributed by atoms with Gasteiger partial charge in [0.25, 0.3) is 0 Å². The summed E-state index contributed by atoms with van der Waals surface area (Å²) in [6.45, 7) is 6.16. The molecule has 0 aliphatic carbocycles. The van der Waals surface area contributed by atoms with Gasteiger partial charge in [0.1, 0.15) is 0 Å². The zero-order valence-electron chi connectivity index (χ0n) is 12.7. The number of anilines is 2. The molecule has 1 aromatic carbocycles. The Balaban J connectivity index is 2.40. The van der Waals surface area contributed by atoms with Crippen molar-refractivity contribution in [2.24, 2.45) is 5.73 Å². The van der Waals surface area contributed by atoms with Gasteiger partial charge in [0.2, 0.25) is 0 Å². The zero-order chi connectivity index (χ0) is 15.1. The molecule has 0 saturated heterocycles. The number of nitrogens with two attached hydrogens (primary N) is 1. The Bertz CT molecular complexity index is 571. The smallest absolute Gasteiger partial charge is 0.175 e. The molecule has 21 heavy (non-hydrogen) atoms. The van der Waals surface area contributed by atoms with E-state index in [1.807, 2.05) is 19.1 Å². The van der Waals surface area contributed by atoms with Gasteiger partial charge in [-0.2, -0.15) is 0 Å². The van der Waals surface area contributed by atoms with Gasteiger partial charge in [0, 0.05) is 18.4 Å². The lowest BCUT2D eigenvalue weighted by molar-refractivity contribution is 0.339. The van der Waals surface area contributed by atoms with Crippen LogP contribution in [0.3, 0.4) is 0 Å². The number of pyridine rings is 1. The van der Waals surface area contributed by atoms with E-state index in [1.165, 1.54) is 5.56 Å². The molecule has 2 N–H and O–H groups in total. The molecule has 0 atom stereocenters. The molecule has 0 radical (unpaired) electrons. The quantitative estimate of drug-likeness (QED) is 0.848. The fraction of sp³-hybridized carbons (Fsp3) is 0.353. The minimum atomic E-state index is 0.622. The third kappa shape index (κ3) is 3.95. The number of aryl methyl sites for hydroxylation is 1. The molecule has 4 nitrogen and oxygen atoms in total. The molecular formula is C17H23N3O. The van der Waals surface area contributed by atoms with Gasteiger partial charge in [-0.1, -0.05) is 12.1 Å². The Morgan fingerprint density at radius 3 is 2.81 bits per heavy atom. The van der Waals surface area contributed by atoms with Gasteiger partial charge >= 0.3 is 0 Å². The summed E-state index contributed by atoms with van der Waals surface area (Å²) in [5, 5.41) is 0. The fourth-order valence-corrected chi connectivity index (χ4v) is 2.26. The fourth-order valence-electron chi connectivity index (χ4n) is 2.26. The van der Waals surface area contributed by atoms with Crippen LogP contribution in [0.4, 0.5) is 11.5 Å². The second-order valence-corrected chi connectivity index (χ2v) is 4.89. The summed E-state index contributed by atoms with van der Waals surface area (Å²) >= 11 is 0. The molecule has 4 heteroatoms. The molecule has 1 aromatic heterocycles. The summed E-state index contributed by atoms with van der Waals surface area (Å²) in [6.07, 6.45) is 2.69. The maximum Gasteiger partial charge on any atom is 0.175 e. The predicted molar refractivity (Wildman–Crippen MR) is 87.3 cm³/mol. The van der Waals surface area contributed by atoms with E-state index in [2.05, 4.69) is 41.1 Å². The summed E-state index contributed by atoms with van der Waals surface area (Å²) in [4.78, 5) is 6.69. The first-order valence-corrected chi connectivity index (χ1v) is 7.38. The van der Waals surface area contributed by atoms with Gasteiger partial charge in [0.05, 0.1) is 6.61 Å². The topological polar surface area (TPSA) is 51.4 Å². The summed E-state index contributed by atoms with van der Waals surface area (Å²) in [5.74, 6) is 1.65. The first-order chi connectivity index (χ1) is 10.3. The van der Waals surface area contributed by atoms with Gasteiger partial charge in [-0.15, -0.1) is 0 Å². The lowest BCUT2D eigenvalue weighted by Crippen LogP contribution is -2.22. The van der Waals surface area contributed by atoms with E-state index < -0.39 is 0 Å². The number of hydrogen-bond donors (Lipinski definition) is 1.